The maximum Gasteiger partial charge on any atom is 0.339 e. The highest BCUT2D eigenvalue weighted by Crippen LogP contribution is 2.27. The predicted molar refractivity (Wildman–Crippen MR) is 89.2 cm³/mol. The molecule has 3 rings (SSSR count). The van der Waals surface area contributed by atoms with Gasteiger partial charge in [-0.1, -0.05) is 18.2 Å². The van der Waals surface area contributed by atoms with Crippen molar-refractivity contribution in [2.45, 2.75) is 19.9 Å². The van der Waals surface area contributed by atoms with Crippen LogP contribution >= 0.6 is 0 Å². The van der Waals surface area contributed by atoms with Crippen LogP contribution in [0.25, 0.3) is 11.3 Å². The van der Waals surface area contributed by atoms with Crippen molar-refractivity contribution < 1.29 is 18.3 Å². The number of aryl methyl sites for hydroxylation is 2. The van der Waals surface area contributed by atoms with Crippen LogP contribution in [0.3, 0.4) is 0 Å². The van der Waals surface area contributed by atoms with Crippen LogP contribution in [0.2, 0.25) is 0 Å². The number of hydrogen-bond donors (Lipinski definition) is 1. The van der Waals surface area contributed by atoms with Gasteiger partial charge in [0, 0.05) is 25.7 Å². The van der Waals surface area contributed by atoms with Crippen molar-refractivity contribution in [3.8, 4) is 11.3 Å². The van der Waals surface area contributed by atoms with E-state index in [1.54, 1.807) is 24.7 Å². The molecule has 2 heterocycles. The van der Waals surface area contributed by atoms with Crippen LogP contribution in [0.4, 0.5) is 0 Å². The van der Waals surface area contributed by atoms with Crippen LogP contribution in [0, 0.1) is 6.92 Å². The number of benzene rings is 1. The van der Waals surface area contributed by atoms with Gasteiger partial charge in [0.2, 0.25) is 10.0 Å². The van der Waals surface area contributed by atoms with Crippen molar-refractivity contribution in [2.75, 3.05) is 12.3 Å². The van der Waals surface area contributed by atoms with Gasteiger partial charge < -0.3 is 5.11 Å². The van der Waals surface area contributed by atoms with E-state index in [0.29, 0.717) is 36.5 Å². The molecule has 0 unspecified atom stereocenters. The molecule has 128 valence electrons. The zero-order valence-electron chi connectivity index (χ0n) is 13.6. The summed E-state index contributed by atoms with van der Waals surface area (Å²) in [7, 11) is -1.47. The van der Waals surface area contributed by atoms with E-state index in [2.05, 4.69) is 5.10 Å². The topological polar surface area (TPSA) is 92.5 Å². The molecule has 0 radical (unpaired) electrons. The largest absolute Gasteiger partial charge is 0.478 e. The van der Waals surface area contributed by atoms with E-state index >= 15 is 0 Å². The summed E-state index contributed by atoms with van der Waals surface area (Å²) in [4.78, 5) is 11.5. The first-order valence-corrected chi connectivity index (χ1v) is 9.24. The summed E-state index contributed by atoms with van der Waals surface area (Å²) < 4.78 is 26.9. The number of aromatic carboxylic acids is 1. The lowest BCUT2D eigenvalue weighted by Crippen LogP contribution is -2.25. The number of nitrogens with zero attached hydrogens (tertiary/aromatic N) is 3. The van der Waals surface area contributed by atoms with Crippen LogP contribution < -0.4 is 0 Å². The summed E-state index contributed by atoms with van der Waals surface area (Å²) in [6, 6.07) is 7.30. The maximum atomic E-state index is 12.0. The highest BCUT2D eigenvalue weighted by atomic mass is 32.2. The van der Waals surface area contributed by atoms with Gasteiger partial charge in [0.1, 0.15) is 5.56 Å². The van der Waals surface area contributed by atoms with Crippen LogP contribution in [-0.4, -0.2) is 45.9 Å². The summed E-state index contributed by atoms with van der Waals surface area (Å²) >= 11 is 0. The second-order valence-corrected chi connectivity index (χ2v) is 8.03. The molecule has 0 saturated carbocycles. The Hall–Kier alpha value is -2.19. The average molecular weight is 349 g/mol. The first-order valence-electron chi connectivity index (χ1n) is 7.63. The lowest BCUT2D eigenvalue weighted by Gasteiger charge is -2.15. The van der Waals surface area contributed by atoms with Gasteiger partial charge in [0.05, 0.1) is 17.1 Å². The molecule has 2 aromatic rings. The quantitative estimate of drug-likeness (QED) is 0.906. The van der Waals surface area contributed by atoms with Crippen LogP contribution in [0.5, 0.6) is 0 Å². The second-order valence-electron chi connectivity index (χ2n) is 5.94. The van der Waals surface area contributed by atoms with Crippen molar-refractivity contribution in [1.29, 1.82) is 0 Å². The number of carboxylic acids is 1. The average Bonchev–Trinajstić information content (AvgIpc) is 2.98. The molecule has 24 heavy (non-hydrogen) atoms. The summed E-state index contributed by atoms with van der Waals surface area (Å²) in [5.74, 6) is -0.834. The predicted octanol–water partition coefficient (Wildman–Crippen LogP) is 1.63. The number of carboxylic acid groups (broad SMARTS) is 1. The summed E-state index contributed by atoms with van der Waals surface area (Å²) in [5.41, 5.74) is 2.68. The van der Waals surface area contributed by atoms with Gasteiger partial charge in [-0.25, -0.2) is 13.2 Å². The molecule has 0 bridgehead atoms. The van der Waals surface area contributed by atoms with Crippen molar-refractivity contribution in [2.24, 2.45) is 7.05 Å². The summed E-state index contributed by atoms with van der Waals surface area (Å²) in [6.07, 6.45) is 0.645. The smallest absolute Gasteiger partial charge is 0.339 e. The minimum Gasteiger partial charge on any atom is -0.478 e. The molecule has 1 aliphatic rings. The number of hydrogen-bond acceptors (Lipinski definition) is 4. The third-order valence-corrected chi connectivity index (χ3v) is 6.10. The van der Waals surface area contributed by atoms with E-state index in [0.717, 1.165) is 5.56 Å². The molecule has 0 aliphatic carbocycles. The fourth-order valence-corrected chi connectivity index (χ4v) is 4.64. The molecular formula is C16H19N3O4S. The van der Waals surface area contributed by atoms with Crippen molar-refractivity contribution in [3.05, 3.63) is 41.1 Å². The van der Waals surface area contributed by atoms with E-state index in [1.165, 1.54) is 4.31 Å². The highest BCUT2D eigenvalue weighted by Gasteiger charge is 2.28. The lowest BCUT2D eigenvalue weighted by molar-refractivity contribution is 0.0697. The molecule has 0 amide bonds. The fraction of sp³-hybridized carbons (Fsp3) is 0.375. The Labute approximate surface area is 140 Å². The van der Waals surface area contributed by atoms with Gasteiger partial charge in [0.15, 0.2) is 0 Å². The lowest BCUT2D eigenvalue weighted by atomic mass is 10.0. The third-order valence-electron chi connectivity index (χ3n) is 4.20. The second kappa shape index (κ2) is 6.03. The Bertz CT molecular complexity index is 902. The maximum absolute atomic E-state index is 12.0. The molecule has 1 N–H and O–H groups in total. The number of sulfonamides is 1. The molecule has 1 saturated heterocycles. The summed E-state index contributed by atoms with van der Waals surface area (Å²) in [6.45, 7) is 2.49. The molecule has 7 nitrogen and oxygen atoms in total. The van der Waals surface area contributed by atoms with E-state index in [9.17, 15) is 18.3 Å². The van der Waals surface area contributed by atoms with Crippen molar-refractivity contribution >= 4 is 16.0 Å². The first kappa shape index (κ1) is 16.7. The molecule has 8 heteroatoms. The standard InChI is InChI=1S/C16H19N3O4S/c1-11-14(16(20)21)15(18(2)17-11)13-6-3-5-12(9-13)10-19-7-4-8-24(19,22)23/h3,5-6,9H,4,7-8,10H2,1-2H3,(H,20,21). The van der Waals surface area contributed by atoms with Gasteiger partial charge in [-0.15, -0.1) is 0 Å². The van der Waals surface area contributed by atoms with Crippen molar-refractivity contribution in [3.63, 3.8) is 0 Å². The SMILES string of the molecule is Cc1nn(C)c(-c2cccc(CN3CCCS3(=O)=O)c2)c1C(=O)O. The monoisotopic (exact) mass is 349 g/mol. The molecule has 1 aromatic carbocycles. The zero-order chi connectivity index (χ0) is 17.5. The third kappa shape index (κ3) is 2.94. The molecular weight excluding hydrogens is 330 g/mol. The van der Waals surface area contributed by atoms with Gasteiger partial charge >= 0.3 is 5.97 Å². The van der Waals surface area contributed by atoms with Crippen LogP contribution in [-0.2, 0) is 23.6 Å². The molecule has 1 aromatic heterocycles. The Balaban J connectivity index is 1.99. The Morgan fingerprint density at radius 3 is 2.75 bits per heavy atom. The number of aromatic nitrogens is 2. The fourth-order valence-electron chi connectivity index (χ4n) is 3.13. The summed E-state index contributed by atoms with van der Waals surface area (Å²) in [5, 5.41) is 13.6. The van der Waals surface area contributed by atoms with Crippen molar-refractivity contribution in [1.82, 2.24) is 14.1 Å². The van der Waals surface area contributed by atoms with Gasteiger partial charge in [-0.05, 0) is 25.0 Å². The highest BCUT2D eigenvalue weighted by molar-refractivity contribution is 7.89. The zero-order valence-corrected chi connectivity index (χ0v) is 14.4. The van der Waals surface area contributed by atoms with Crippen LogP contribution in [0.1, 0.15) is 28.0 Å². The van der Waals surface area contributed by atoms with E-state index in [4.69, 9.17) is 0 Å². The molecule has 0 atom stereocenters. The molecule has 0 spiro atoms. The minimum absolute atomic E-state index is 0.170. The molecule has 1 fully saturated rings. The van der Waals surface area contributed by atoms with E-state index < -0.39 is 16.0 Å². The first-order chi connectivity index (χ1) is 11.3. The van der Waals surface area contributed by atoms with E-state index in [-0.39, 0.29) is 11.3 Å². The normalized spacial score (nSPS) is 17.2. The Morgan fingerprint density at radius 1 is 1.38 bits per heavy atom. The number of carbonyl (C=O) groups is 1. The van der Waals surface area contributed by atoms with Crippen LogP contribution in [0.15, 0.2) is 24.3 Å². The van der Waals surface area contributed by atoms with Gasteiger partial charge in [-0.3, -0.25) is 4.68 Å². The Morgan fingerprint density at radius 2 is 2.12 bits per heavy atom. The van der Waals surface area contributed by atoms with Gasteiger partial charge in [0.25, 0.3) is 0 Å². The minimum atomic E-state index is -3.17. The Kier molecular flexibility index (Phi) is 4.18. The number of rotatable bonds is 4. The van der Waals surface area contributed by atoms with Gasteiger partial charge in [-0.2, -0.15) is 9.40 Å². The van der Waals surface area contributed by atoms with E-state index in [1.807, 2.05) is 18.2 Å². The molecule has 1 aliphatic heterocycles.